The van der Waals surface area contributed by atoms with Gasteiger partial charge in [0.2, 0.25) is 15.9 Å². The molecule has 0 saturated heterocycles. The fourth-order valence-electron chi connectivity index (χ4n) is 0.690. The highest BCUT2D eigenvalue weighted by molar-refractivity contribution is 7.90. The van der Waals surface area contributed by atoms with Crippen molar-refractivity contribution in [1.29, 1.82) is 0 Å². The molecule has 0 rings (SSSR count). The molecule has 1 atom stereocenters. The number of nitrogens with one attached hydrogen (secondary N) is 2. The molecular weight excluding hydrogens is 224 g/mol. The number of carbonyl (C=O) groups excluding carboxylic acids is 1. The maximum Gasteiger partial charge on any atom is 0.323 e. The van der Waals surface area contributed by atoms with Crippen LogP contribution in [0.2, 0.25) is 0 Å². The van der Waals surface area contributed by atoms with Crippen molar-refractivity contribution in [2.75, 3.05) is 13.6 Å². The van der Waals surface area contributed by atoms with Crippen LogP contribution >= 0.6 is 0 Å². The van der Waals surface area contributed by atoms with Gasteiger partial charge in [-0.3, -0.25) is 9.59 Å². The van der Waals surface area contributed by atoms with E-state index in [0.717, 1.165) is 6.92 Å². The van der Waals surface area contributed by atoms with Gasteiger partial charge in [-0.05, 0) is 6.92 Å². The Morgan fingerprint density at radius 2 is 1.93 bits per heavy atom. The quantitative estimate of drug-likeness (QED) is 0.522. The van der Waals surface area contributed by atoms with Crippen LogP contribution in [-0.2, 0) is 19.6 Å². The van der Waals surface area contributed by atoms with Gasteiger partial charge < -0.3 is 10.4 Å². The second-order valence-electron chi connectivity index (χ2n) is 2.84. The lowest BCUT2D eigenvalue weighted by molar-refractivity contribution is -0.136. The molecule has 1 unspecified atom stereocenters. The summed E-state index contributed by atoms with van der Waals surface area (Å²) in [6.45, 7) is 0.949. The maximum absolute atomic E-state index is 11.2. The lowest BCUT2D eigenvalue weighted by Crippen LogP contribution is -2.39. The Labute approximate surface area is 87.9 Å². The minimum absolute atomic E-state index is 0.0257. The van der Waals surface area contributed by atoms with Crippen molar-refractivity contribution in [3.8, 4) is 0 Å². The van der Waals surface area contributed by atoms with Crippen LogP contribution in [0.4, 0.5) is 0 Å². The van der Waals surface area contributed by atoms with E-state index < -0.39 is 21.2 Å². The van der Waals surface area contributed by atoms with Crippen molar-refractivity contribution in [1.82, 2.24) is 10.0 Å². The Kier molecular flexibility index (Phi) is 5.23. The van der Waals surface area contributed by atoms with Crippen molar-refractivity contribution in [3.63, 3.8) is 0 Å². The number of hydrogen-bond acceptors (Lipinski definition) is 4. The van der Waals surface area contributed by atoms with E-state index in [-0.39, 0.29) is 18.9 Å². The molecule has 0 aromatic carbocycles. The second-order valence-corrected chi connectivity index (χ2v) is 4.93. The molecule has 15 heavy (non-hydrogen) atoms. The minimum atomic E-state index is -3.89. The number of aliphatic carboxylic acids is 1. The van der Waals surface area contributed by atoms with E-state index >= 15 is 0 Å². The van der Waals surface area contributed by atoms with Gasteiger partial charge in [-0.1, -0.05) is 0 Å². The van der Waals surface area contributed by atoms with Crippen LogP contribution in [0.25, 0.3) is 0 Å². The van der Waals surface area contributed by atoms with Crippen LogP contribution in [0.1, 0.15) is 13.3 Å². The fourth-order valence-corrected chi connectivity index (χ4v) is 1.59. The van der Waals surface area contributed by atoms with Crippen molar-refractivity contribution < 1.29 is 23.1 Å². The fraction of sp³-hybridized carbons (Fsp3) is 0.714. The van der Waals surface area contributed by atoms with Gasteiger partial charge in [-0.25, -0.2) is 13.1 Å². The van der Waals surface area contributed by atoms with Gasteiger partial charge >= 0.3 is 5.97 Å². The van der Waals surface area contributed by atoms with Crippen LogP contribution in [0.3, 0.4) is 0 Å². The summed E-state index contributed by atoms with van der Waals surface area (Å²) in [5.41, 5.74) is 0. The number of carbonyl (C=O) groups is 2. The van der Waals surface area contributed by atoms with E-state index in [9.17, 15) is 18.0 Å². The Morgan fingerprint density at radius 3 is 2.33 bits per heavy atom. The van der Waals surface area contributed by atoms with E-state index in [4.69, 9.17) is 5.11 Å². The normalized spacial score (nSPS) is 13.2. The van der Waals surface area contributed by atoms with E-state index in [2.05, 4.69) is 5.32 Å². The first-order valence-corrected chi connectivity index (χ1v) is 5.77. The predicted octanol–water partition coefficient (Wildman–Crippen LogP) is -1.48. The molecule has 0 aliphatic rings. The Morgan fingerprint density at radius 1 is 1.40 bits per heavy atom. The summed E-state index contributed by atoms with van der Waals surface area (Å²) in [7, 11) is -2.47. The van der Waals surface area contributed by atoms with Gasteiger partial charge in [-0.15, -0.1) is 0 Å². The summed E-state index contributed by atoms with van der Waals surface area (Å²) in [6.07, 6.45) is -0.0257. The zero-order valence-electron chi connectivity index (χ0n) is 8.48. The summed E-state index contributed by atoms with van der Waals surface area (Å²) in [5, 5.41) is 9.26. The average Bonchev–Trinajstić information content (AvgIpc) is 2.15. The molecule has 0 radical (unpaired) electrons. The summed E-state index contributed by atoms with van der Waals surface area (Å²) in [4.78, 5) is 21.1. The molecular formula is C7H14N2O5S. The number of carboxylic acids is 1. The molecule has 0 bridgehead atoms. The van der Waals surface area contributed by atoms with Crippen molar-refractivity contribution in [2.45, 2.75) is 18.6 Å². The van der Waals surface area contributed by atoms with Crippen LogP contribution in [0.5, 0.6) is 0 Å². The first-order valence-electron chi connectivity index (χ1n) is 4.23. The summed E-state index contributed by atoms with van der Waals surface area (Å²) in [5.74, 6) is -1.75. The minimum Gasteiger partial charge on any atom is -0.480 e. The second kappa shape index (κ2) is 5.66. The van der Waals surface area contributed by atoms with Gasteiger partial charge in [0.25, 0.3) is 0 Å². The highest BCUT2D eigenvalue weighted by Crippen LogP contribution is 1.97. The lowest BCUT2D eigenvalue weighted by atomic mass is 10.4. The molecule has 88 valence electrons. The molecule has 0 heterocycles. The van der Waals surface area contributed by atoms with E-state index in [1.165, 1.54) is 7.05 Å². The number of carboxylic acid groups (broad SMARTS) is 1. The van der Waals surface area contributed by atoms with Gasteiger partial charge in [-0.2, -0.15) is 0 Å². The molecule has 1 amide bonds. The predicted molar refractivity (Wildman–Crippen MR) is 52.7 cm³/mol. The van der Waals surface area contributed by atoms with Gasteiger partial charge in [0.05, 0.1) is 0 Å². The van der Waals surface area contributed by atoms with Gasteiger partial charge in [0, 0.05) is 20.0 Å². The van der Waals surface area contributed by atoms with Crippen LogP contribution in [-0.4, -0.2) is 44.2 Å². The molecule has 8 heteroatoms. The topological polar surface area (TPSA) is 113 Å². The molecule has 0 fully saturated rings. The maximum atomic E-state index is 11.2. The number of amides is 1. The first-order chi connectivity index (χ1) is 6.81. The SMILES string of the molecule is CNC(=O)CCNS(=O)(=O)C(C)C(=O)O. The van der Waals surface area contributed by atoms with E-state index in [0.29, 0.717) is 0 Å². The third-order valence-corrected chi connectivity index (χ3v) is 3.49. The zero-order valence-corrected chi connectivity index (χ0v) is 9.30. The number of hydrogen-bond donors (Lipinski definition) is 3. The van der Waals surface area contributed by atoms with Crippen LogP contribution in [0, 0.1) is 0 Å². The van der Waals surface area contributed by atoms with Crippen LogP contribution < -0.4 is 10.0 Å². The Balaban J connectivity index is 4.17. The molecule has 0 aliphatic heterocycles. The molecule has 0 spiro atoms. The lowest BCUT2D eigenvalue weighted by Gasteiger charge is -2.09. The monoisotopic (exact) mass is 238 g/mol. The van der Waals surface area contributed by atoms with Gasteiger partial charge in [0.1, 0.15) is 0 Å². The molecule has 0 aliphatic carbocycles. The first kappa shape index (κ1) is 13.8. The molecule has 0 aromatic rings. The smallest absolute Gasteiger partial charge is 0.323 e. The summed E-state index contributed by atoms with van der Waals surface area (Å²) < 4.78 is 24.5. The molecule has 0 saturated carbocycles. The Hall–Kier alpha value is -1.15. The molecule has 0 aromatic heterocycles. The van der Waals surface area contributed by atoms with E-state index in [1.807, 2.05) is 4.72 Å². The van der Waals surface area contributed by atoms with Crippen LogP contribution in [0.15, 0.2) is 0 Å². The van der Waals surface area contributed by atoms with Crippen molar-refractivity contribution in [3.05, 3.63) is 0 Å². The van der Waals surface area contributed by atoms with E-state index in [1.54, 1.807) is 0 Å². The standard InChI is InChI=1S/C7H14N2O5S/c1-5(7(11)12)15(13,14)9-4-3-6(10)8-2/h5,9H,3-4H2,1-2H3,(H,8,10)(H,11,12). The molecule has 3 N–H and O–H groups in total. The Bertz CT molecular complexity index is 337. The van der Waals surface area contributed by atoms with Crippen molar-refractivity contribution >= 4 is 21.9 Å². The van der Waals surface area contributed by atoms with Crippen molar-refractivity contribution in [2.24, 2.45) is 0 Å². The third kappa shape index (κ3) is 4.75. The average molecular weight is 238 g/mol. The summed E-state index contributed by atoms with van der Waals surface area (Å²) in [6, 6.07) is 0. The summed E-state index contributed by atoms with van der Waals surface area (Å²) >= 11 is 0. The largest absolute Gasteiger partial charge is 0.480 e. The highest BCUT2D eigenvalue weighted by Gasteiger charge is 2.26. The number of rotatable bonds is 6. The number of sulfonamides is 1. The zero-order chi connectivity index (χ0) is 12.1. The third-order valence-electron chi connectivity index (χ3n) is 1.75. The highest BCUT2D eigenvalue weighted by atomic mass is 32.2. The van der Waals surface area contributed by atoms with Gasteiger partial charge in [0.15, 0.2) is 5.25 Å². The molecule has 7 nitrogen and oxygen atoms in total.